The minimum atomic E-state index is -0.720. The third-order valence-electron chi connectivity index (χ3n) is 2.65. The van der Waals surface area contributed by atoms with Crippen LogP contribution in [0.15, 0.2) is 41.0 Å². The van der Waals surface area contributed by atoms with Crippen molar-refractivity contribution in [3.8, 4) is 5.75 Å². The number of aliphatic hydroxyl groups is 1. The SMILES string of the molecule is Cc1ccc(OCC(O)COCc2ccco2)c(Cl)c1. The van der Waals surface area contributed by atoms with Crippen LogP contribution in [0.4, 0.5) is 0 Å². The van der Waals surface area contributed by atoms with Gasteiger partial charge >= 0.3 is 0 Å². The maximum atomic E-state index is 9.76. The van der Waals surface area contributed by atoms with Crippen LogP contribution in [0.1, 0.15) is 11.3 Å². The van der Waals surface area contributed by atoms with Crippen LogP contribution in [-0.2, 0) is 11.3 Å². The largest absolute Gasteiger partial charge is 0.489 e. The summed E-state index contributed by atoms with van der Waals surface area (Å²) in [5, 5.41) is 10.3. The fourth-order valence-corrected chi connectivity index (χ4v) is 1.94. The number of hydrogen-bond donors (Lipinski definition) is 1. The van der Waals surface area contributed by atoms with E-state index >= 15 is 0 Å². The first kappa shape index (κ1) is 14.9. The zero-order valence-corrected chi connectivity index (χ0v) is 12.0. The van der Waals surface area contributed by atoms with Gasteiger partial charge in [-0.3, -0.25) is 0 Å². The van der Waals surface area contributed by atoms with Crippen LogP contribution in [0.5, 0.6) is 5.75 Å². The molecule has 0 spiro atoms. The summed E-state index contributed by atoms with van der Waals surface area (Å²) in [5.74, 6) is 1.28. The highest BCUT2D eigenvalue weighted by Crippen LogP contribution is 2.25. The minimum Gasteiger partial charge on any atom is -0.489 e. The first-order valence-electron chi connectivity index (χ1n) is 6.32. The predicted molar refractivity (Wildman–Crippen MR) is 76.1 cm³/mol. The van der Waals surface area contributed by atoms with Gasteiger partial charge in [0.1, 0.15) is 30.8 Å². The van der Waals surface area contributed by atoms with Gasteiger partial charge in [0.05, 0.1) is 17.9 Å². The molecule has 0 aliphatic carbocycles. The molecule has 0 bridgehead atoms. The average Bonchev–Trinajstić information content (AvgIpc) is 2.91. The van der Waals surface area contributed by atoms with Crippen LogP contribution < -0.4 is 4.74 Å². The van der Waals surface area contributed by atoms with Crippen molar-refractivity contribution in [1.82, 2.24) is 0 Å². The molecule has 0 saturated carbocycles. The fraction of sp³-hybridized carbons (Fsp3) is 0.333. The molecule has 1 aromatic heterocycles. The normalized spacial score (nSPS) is 12.3. The van der Waals surface area contributed by atoms with Crippen LogP contribution in [0.25, 0.3) is 0 Å². The third-order valence-corrected chi connectivity index (χ3v) is 2.95. The van der Waals surface area contributed by atoms with E-state index in [-0.39, 0.29) is 13.2 Å². The summed E-state index contributed by atoms with van der Waals surface area (Å²) in [6, 6.07) is 9.11. The van der Waals surface area contributed by atoms with Crippen LogP contribution in [0.3, 0.4) is 0 Å². The van der Waals surface area contributed by atoms with E-state index in [0.717, 1.165) is 11.3 Å². The molecule has 0 aliphatic rings. The molecule has 0 radical (unpaired) electrons. The molecule has 0 fully saturated rings. The van der Waals surface area contributed by atoms with Gasteiger partial charge in [0, 0.05) is 0 Å². The Morgan fingerprint density at radius 1 is 1.30 bits per heavy atom. The molecule has 2 rings (SSSR count). The number of furan rings is 1. The van der Waals surface area contributed by atoms with Gasteiger partial charge in [0.15, 0.2) is 0 Å². The molecule has 0 aliphatic heterocycles. The van der Waals surface area contributed by atoms with Crippen molar-refractivity contribution < 1.29 is 19.0 Å². The van der Waals surface area contributed by atoms with Crippen LogP contribution in [0, 0.1) is 6.92 Å². The van der Waals surface area contributed by atoms with E-state index in [1.807, 2.05) is 25.1 Å². The lowest BCUT2D eigenvalue weighted by atomic mass is 10.2. The van der Waals surface area contributed by atoms with Crippen molar-refractivity contribution in [2.45, 2.75) is 19.6 Å². The zero-order chi connectivity index (χ0) is 14.4. The van der Waals surface area contributed by atoms with Crippen LogP contribution >= 0.6 is 11.6 Å². The monoisotopic (exact) mass is 296 g/mol. The molecule has 1 atom stereocenters. The summed E-state index contributed by atoms with van der Waals surface area (Å²) in [4.78, 5) is 0. The average molecular weight is 297 g/mol. The maximum absolute atomic E-state index is 9.76. The summed E-state index contributed by atoms with van der Waals surface area (Å²) >= 11 is 6.03. The van der Waals surface area contributed by atoms with Gasteiger partial charge in [0.2, 0.25) is 0 Å². The van der Waals surface area contributed by atoms with E-state index < -0.39 is 6.10 Å². The molecule has 0 saturated heterocycles. The van der Waals surface area contributed by atoms with Gasteiger partial charge in [0.25, 0.3) is 0 Å². The summed E-state index contributed by atoms with van der Waals surface area (Å²) in [7, 11) is 0. The van der Waals surface area contributed by atoms with Gasteiger partial charge < -0.3 is 19.0 Å². The predicted octanol–water partition coefficient (Wildman–Crippen LogP) is 3.20. The molecule has 20 heavy (non-hydrogen) atoms. The van der Waals surface area contributed by atoms with Crippen molar-refractivity contribution in [2.75, 3.05) is 13.2 Å². The van der Waals surface area contributed by atoms with Crippen LogP contribution in [-0.4, -0.2) is 24.4 Å². The number of rotatable bonds is 7. The molecule has 1 unspecified atom stereocenters. The summed E-state index contributed by atoms with van der Waals surface area (Å²) in [6.45, 7) is 2.58. The Morgan fingerprint density at radius 2 is 2.15 bits per heavy atom. The van der Waals surface area contributed by atoms with Gasteiger partial charge in [-0.2, -0.15) is 0 Å². The molecule has 0 amide bonds. The number of aliphatic hydroxyl groups excluding tert-OH is 1. The first-order valence-corrected chi connectivity index (χ1v) is 6.70. The fourth-order valence-electron chi connectivity index (χ4n) is 1.65. The van der Waals surface area contributed by atoms with E-state index in [0.29, 0.717) is 17.4 Å². The topological polar surface area (TPSA) is 51.8 Å². The smallest absolute Gasteiger partial charge is 0.138 e. The third kappa shape index (κ3) is 4.56. The number of ether oxygens (including phenoxy) is 2. The second kappa shape index (κ2) is 7.33. The lowest BCUT2D eigenvalue weighted by molar-refractivity contribution is 0.000896. The lowest BCUT2D eigenvalue weighted by Gasteiger charge is -2.13. The Hall–Kier alpha value is -1.49. The number of hydrogen-bond acceptors (Lipinski definition) is 4. The molecule has 2 aromatic rings. The number of benzene rings is 1. The standard InChI is InChI=1S/C15H17ClO4/c1-11-4-5-15(14(16)7-11)20-9-12(17)8-18-10-13-3-2-6-19-13/h2-7,12,17H,8-10H2,1H3. The molecular weight excluding hydrogens is 280 g/mol. The van der Waals surface area contributed by atoms with Gasteiger partial charge in [-0.25, -0.2) is 0 Å². The van der Waals surface area contributed by atoms with Gasteiger partial charge in [-0.15, -0.1) is 0 Å². The van der Waals surface area contributed by atoms with Crippen molar-refractivity contribution in [3.63, 3.8) is 0 Å². The minimum absolute atomic E-state index is 0.126. The highest BCUT2D eigenvalue weighted by Gasteiger charge is 2.08. The van der Waals surface area contributed by atoms with Crippen molar-refractivity contribution >= 4 is 11.6 Å². The number of aryl methyl sites for hydroxylation is 1. The van der Waals surface area contributed by atoms with E-state index in [1.54, 1.807) is 18.4 Å². The van der Waals surface area contributed by atoms with E-state index in [9.17, 15) is 5.11 Å². The highest BCUT2D eigenvalue weighted by molar-refractivity contribution is 6.32. The first-order chi connectivity index (χ1) is 9.65. The molecule has 1 aromatic carbocycles. The van der Waals surface area contributed by atoms with E-state index in [1.165, 1.54) is 0 Å². The van der Waals surface area contributed by atoms with Crippen molar-refractivity contribution in [3.05, 3.63) is 52.9 Å². The molecule has 108 valence electrons. The van der Waals surface area contributed by atoms with E-state index in [2.05, 4.69) is 0 Å². The molecular formula is C15H17ClO4. The van der Waals surface area contributed by atoms with E-state index in [4.69, 9.17) is 25.5 Å². The molecule has 5 heteroatoms. The van der Waals surface area contributed by atoms with Crippen molar-refractivity contribution in [2.24, 2.45) is 0 Å². The Labute approximate surface area is 122 Å². The van der Waals surface area contributed by atoms with Crippen LogP contribution in [0.2, 0.25) is 5.02 Å². The Balaban J connectivity index is 1.70. The molecule has 1 heterocycles. The Bertz CT molecular complexity index is 525. The molecule has 1 N–H and O–H groups in total. The Kier molecular flexibility index (Phi) is 5.47. The highest BCUT2D eigenvalue weighted by atomic mass is 35.5. The molecule has 4 nitrogen and oxygen atoms in total. The van der Waals surface area contributed by atoms with Gasteiger partial charge in [-0.05, 0) is 36.8 Å². The zero-order valence-electron chi connectivity index (χ0n) is 11.2. The van der Waals surface area contributed by atoms with Crippen molar-refractivity contribution in [1.29, 1.82) is 0 Å². The van der Waals surface area contributed by atoms with Gasteiger partial charge in [-0.1, -0.05) is 17.7 Å². The Morgan fingerprint density at radius 3 is 2.85 bits per heavy atom. The number of halogens is 1. The maximum Gasteiger partial charge on any atom is 0.138 e. The summed E-state index contributed by atoms with van der Waals surface area (Å²) in [5.41, 5.74) is 1.06. The quantitative estimate of drug-likeness (QED) is 0.852. The second-order valence-corrected chi connectivity index (χ2v) is 4.90. The summed E-state index contributed by atoms with van der Waals surface area (Å²) in [6.07, 6.45) is 0.861. The summed E-state index contributed by atoms with van der Waals surface area (Å²) < 4.78 is 15.9. The lowest BCUT2D eigenvalue weighted by Crippen LogP contribution is -2.23. The second-order valence-electron chi connectivity index (χ2n) is 4.49.